The minimum atomic E-state index is -0.513. The van der Waals surface area contributed by atoms with Crippen LogP contribution in [0.15, 0.2) is 48.8 Å². The normalized spacial score (nSPS) is 15.6. The summed E-state index contributed by atoms with van der Waals surface area (Å²) in [5.74, 6) is 1.45. The summed E-state index contributed by atoms with van der Waals surface area (Å²) < 4.78 is 10.9. The Balaban J connectivity index is 1.52. The summed E-state index contributed by atoms with van der Waals surface area (Å²) in [5.41, 5.74) is 1.14. The first-order valence-corrected chi connectivity index (χ1v) is 8.42. The van der Waals surface area contributed by atoms with Gasteiger partial charge in [0.15, 0.2) is 6.10 Å². The number of pyridine rings is 1. The zero-order chi connectivity index (χ0) is 17.6. The molecule has 1 fully saturated rings. The quantitative estimate of drug-likeness (QED) is 0.835. The highest BCUT2D eigenvalue weighted by atomic mass is 16.5. The highest BCUT2D eigenvalue weighted by Gasteiger charge is 2.26. The predicted molar refractivity (Wildman–Crippen MR) is 96.1 cm³/mol. The zero-order valence-corrected chi connectivity index (χ0v) is 14.6. The molecule has 1 atom stereocenters. The number of amides is 1. The van der Waals surface area contributed by atoms with E-state index in [1.165, 1.54) is 0 Å². The Kier molecular flexibility index (Phi) is 5.38. The Morgan fingerprint density at radius 1 is 1.00 bits per heavy atom. The fourth-order valence-electron chi connectivity index (χ4n) is 2.91. The van der Waals surface area contributed by atoms with E-state index in [-0.39, 0.29) is 5.91 Å². The van der Waals surface area contributed by atoms with E-state index in [9.17, 15) is 4.79 Å². The summed E-state index contributed by atoms with van der Waals surface area (Å²) >= 11 is 0. The van der Waals surface area contributed by atoms with Crippen molar-refractivity contribution in [2.75, 3.05) is 38.2 Å². The summed E-state index contributed by atoms with van der Waals surface area (Å²) in [6.07, 6.45) is 3.07. The van der Waals surface area contributed by atoms with E-state index in [1.54, 1.807) is 26.4 Å². The second-order valence-corrected chi connectivity index (χ2v) is 5.95. The minimum absolute atomic E-state index is 0.0187. The first kappa shape index (κ1) is 17.1. The van der Waals surface area contributed by atoms with Crippen molar-refractivity contribution < 1.29 is 14.3 Å². The van der Waals surface area contributed by atoms with E-state index < -0.39 is 6.10 Å². The van der Waals surface area contributed by atoms with Gasteiger partial charge in [0.1, 0.15) is 11.5 Å². The lowest BCUT2D eigenvalue weighted by Crippen LogP contribution is -2.52. The van der Waals surface area contributed by atoms with Crippen LogP contribution in [-0.2, 0) is 4.79 Å². The minimum Gasteiger partial charge on any atom is -0.497 e. The standard InChI is InChI=1S/C19H23N3O3/c1-15(25-18-5-3-17(24-2)4-6-18)19(23)22-13-11-21(12-14-22)16-7-9-20-10-8-16/h3-10,15H,11-14H2,1-2H3. The average molecular weight is 341 g/mol. The van der Waals surface area contributed by atoms with Crippen molar-refractivity contribution in [2.24, 2.45) is 0 Å². The molecule has 6 nitrogen and oxygen atoms in total. The highest BCUT2D eigenvalue weighted by molar-refractivity contribution is 5.81. The van der Waals surface area contributed by atoms with Crippen molar-refractivity contribution in [1.82, 2.24) is 9.88 Å². The maximum absolute atomic E-state index is 12.6. The second-order valence-electron chi connectivity index (χ2n) is 5.95. The maximum Gasteiger partial charge on any atom is 0.263 e. The smallest absolute Gasteiger partial charge is 0.263 e. The lowest BCUT2D eigenvalue weighted by molar-refractivity contribution is -0.138. The van der Waals surface area contributed by atoms with Gasteiger partial charge in [0.25, 0.3) is 5.91 Å². The van der Waals surface area contributed by atoms with Gasteiger partial charge in [-0.25, -0.2) is 0 Å². The largest absolute Gasteiger partial charge is 0.497 e. The molecule has 0 spiro atoms. The van der Waals surface area contributed by atoms with E-state index in [1.807, 2.05) is 41.3 Å². The molecule has 0 bridgehead atoms. The molecular formula is C19H23N3O3. The first-order chi connectivity index (χ1) is 12.2. The molecule has 1 aromatic heterocycles. The molecule has 0 N–H and O–H groups in total. The van der Waals surface area contributed by atoms with Crippen molar-refractivity contribution >= 4 is 11.6 Å². The number of rotatable bonds is 5. The molecule has 2 aromatic rings. The van der Waals surface area contributed by atoms with Gasteiger partial charge >= 0.3 is 0 Å². The van der Waals surface area contributed by atoms with Crippen LogP contribution >= 0.6 is 0 Å². The van der Waals surface area contributed by atoms with Crippen LogP contribution in [0.5, 0.6) is 11.5 Å². The van der Waals surface area contributed by atoms with Crippen LogP contribution < -0.4 is 14.4 Å². The van der Waals surface area contributed by atoms with E-state index in [4.69, 9.17) is 9.47 Å². The molecule has 1 aliphatic rings. The highest BCUT2D eigenvalue weighted by Crippen LogP contribution is 2.19. The lowest BCUT2D eigenvalue weighted by Gasteiger charge is -2.37. The Morgan fingerprint density at radius 2 is 1.60 bits per heavy atom. The third kappa shape index (κ3) is 4.21. The first-order valence-electron chi connectivity index (χ1n) is 8.42. The van der Waals surface area contributed by atoms with Crippen molar-refractivity contribution in [3.05, 3.63) is 48.8 Å². The van der Waals surface area contributed by atoms with Gasteiger partial charge in [-0.2, -0.15) is 0 Å². The molecule has 1 aliphatic heterocycles. The number of anilines is 1. The third-order valence-electron chi connectivity index (χ3n) is 4.34. The summed E-state index contributed by atoms with van der Waals surface area (Å²) in [6.45, 7) is 4.80. The number of carbonyl (C=O) groups is 1. The predicted octanol–water partition coefficient (Wildman–Crippen LogP) is 2.21. The van der Waals surface area contributed by atoms with Gasteiger partial charge in [-0.3, -0.25) is 9.78 Å². The number of carbonyl (C=O) groups excluding carboxylic acids is 1. The number of ether oxygens (including phenoxy) is 2. The van der Waals surface area contributed by atoms with Crippen LogP contribution in [0.2, 0.25) is 0 Å². The van der Waals surface area contributed by atoms with Crippen molar-refractivity contribution in [1.29, 1.82) is 0 Å². The fraction of sp³-hybridized carbons (Fsp3) is 0.368. The van der Waals surface area contributed by atoms with Gasteiger partial charge in [-0.05, 0) is 43.3 Å². The van der Waals surface area contributed by atoms with Crippen LogP contribution in [0.3, 0.4) is 0 Å². The van der Waals surface area contributed by atoms with Gasteiger partial charge < -0.3 is 19.3 Å². The molecule has 1 saturated heterocycles. The van der Waals surface area contributed by atoms with Gasteiger partial charge in [0, 0.05) is 44.3 Å². The van der Waals surface area contributed by atoms with E-state index in [0.717, 1.165) is 24.5 Å². The number of hydrogen-bond donors (Lipinski definition) is 0. The number of piperazine rings is 1. The number of methoxy groups -OCH3 is 1. The van der Waals surface area contributed by atoms with Crippen molar-refractivity contribution in [3.63, 3.8) is 0 Å². The van der Waals surface area contributed by atoms with Gasteiger partial charge in [-0.15, -0.1) is 0 Å². The molecule has 1 amide bonds. The summed E-state index contributed by atoms with van der Waals surface area (Å²) in [7, 11) is 1.62. The monoisotopic (exact) mass is 341 g/mol. The van der Waals surface area contributed by atoms with E-state index in [2.05, 4.69) is 9.88 Å². The molecular weight excluding hydrogens is 318 g/mol. The zero-order valence-electron chi connectivity index (χ0n) is 14.6. The molecule has 2 heterocycles. The summed E-state index contributed by atoms with van der Waals surface area (Å²) in [6, 6.07) is 11.2. The number of benzene rings is 1. The molecule has 25 heavy (non-hydrogen) atoms. The summed E-state index contributed by atoms with van der Waals surface area (Å²) in [5, 5.41) is 0. The van der Waals surface area contributed by atoms with Crippen LogP contribution in [0.1, 0.15) is 6.92 Å². The molecule has 132 valence electrons. The van der Waals surface area contributed by atoms with Crippen LogP contribution in [-0.4, -0.2) is 55.2 Å². The van der Waals surface area contributed by atoms with E-state index in [0.29, 0.717) is 18.8 Å². The number of aromatic nitrogens is 1. The Hall–Kier alpha value is -2.76. The fourth-order valence-corrected chi connectivity index (χ4v) is 2.91. The number of nitrogens with zero attached hydrogens (tertiary/aromatic N) is 3. The molecule has 0 radical (unpaired) electrons. The second kappa shape index (κ2) is 7.88. The van der Waals surface area contributed by atoms with Crippen LogP contribution in [0.4, 0.5) is 5.69 Å². The lowest BCUT2D eigenvalue weighted by atomic mass is 10.2. The Labute approximate surface area is 148 Å². The summed E-state index contributed by atoms with van der Waals surface area (Å²) in [4.78, 5) is 20.8. The molecule has 1 aromatic carbocycles. The van der Waals surface area contributed by atoms with Crippen molar-refractivity contribution in [2.45, 2.75) is 13.0 Å². The molecule has 3 rings (SSSR count). The van der Waals surface area contributed by atoms with Crippen LogP contribution in [0, 0.1) is 0 Å². The molecule has 0 saturated carbocycles. The Bertz CT molecular complexity index is 683. The maximum atomic E-state index is 12.6. The van der Waals surface area contributed by atoms with Gasteiger partial charge in [0.2, 0.25) is 0 Å². The number of hydrogen-bond acceptors (Lipinski definition) is 5. The van der Waals surface area contributed by atoms with Crippen LogP contribution in [0.25, 0.3) is 0 Å². The van der Waals surface area contributed by atoms with E-state index >= 15 is 0 Å². The van der Waals surface area contributed by atoms with Gasteiger partial charge in [-0.1, -0.05) is 0 Å². The Morgan fingerprint density at radius 3 is 2.20 bits per heavy atom. The molecule has 6 heteroatoms. The third-order valence-corrected chi connectivity index (χ3v) is 4.34. The molecule has 0 aliphatic carbocycles. The topological polar surface area (TPSA) is 54.9 Å². The van der Waals surface area contributed by atoms with Crippen molar-refractivity contribution in [3.8, 4) is 11.5 Å². The molecule has 1 unspecified atom stereocenters. The van der Waals surface area contributed by atoms with Gasteiger partial charge in [0.05, 0.1) is 7.11 Å². The average Bonchev–Trinajstić information content (AvgIpc) is 2.69. The SMILES string of the molecule is COc1ccc(OC(C)C(=O)N2CCN(c3ccncc3)CC2)cc1.